The minimum Gasteiger partial charge on any atom is -0.466 e. The monoisotopic (exact) mass is 456 g/mol. The Balaban J connectivity index is 1.93. The molecule has 2 aromatic heterocycles. The normalized spacial score (nSPS) is 17.7. The number of thiophene rings is 1. The molecule has 1 unspecified atom stereocenters. The largest absolute Gasteiger partial charge is 0.466 e. The van der Waals surface area contributed by atoms with Crippen molar-refractivity contribution in [3.8, 4) is 5.00 Å². The summed E-state index contributed by atoms with van der Waals surface area (Å²) in [6.07, 6.45) is 2.04. The molecule has 12 heteroatoms. The summed E-state index contributed by atoms with van der Waals surface area (Å²) in [6, 6.07) is 3.56. The molecule has 1 atom stereocenters. The minimum absolute atomic E-state index is 0.168. The van der Waals surface area contributed by atoms with Gasteiger partial charge in [-0.2, -0.15) is 5.10 Å². The SMILES string of the molecule is CCOC(=O)CC(=O)Cn1nc(C2CCCN(S(C)(=O)=O)C2)n(-c2cccs2)c1=O. The quantitative estimate of drug-likeness (QED) is 0.425. The maximum Gasteiger partial charge on any atom is 0.351 e. The van der Waals surface area contributed by atoms with Crippen molar-refractivity contribution in [1.29, 1.82) is 0 Å². The average molecular weight is 457 g/mol. The van der Waals surface area contributed by atoms with Crippen molar-refractivity contribution >= 4 is 33.1 Å². The Morgan fingerprint density at radius 3 is 2.77 bits per heavy atom. The molecular weight excluding hydrogens is 432 g/mol. The van der Waals surface area contributed by atoms with Crippen LogP contribution in [0.5, 0.6) is 0 Å². The van der Waals surface area contributed by atoms with Gasteiger partial charge in [-0.25, -0.2) is 26.8 Å². The highest BCUT2D eigenvalue weighted by atomic mass is 32.2. The first-order valence-electron chi connectivity index (χ1n) is 9.56. The third-order valence-electron chi connectivity index (χ3n) is 4.78. The predicted octanol–water partition coefficient (Wildman–Crippen LogP) is 0.757. The number of hydrogen-bond acceptors (Lipinski definition) is 8. The molecule has 1 saturated heterocycles. The van der Waals surface area contributed by atoms with Gasteiger partial charge in [-0.05, 0) is 37.3 Å². The number of ketones is 1. The Morgan fingerprint density at radius 2 is 2.13 bits per heavy atom. The van der Waals surface area contributed by atoms with Gasteiger partial charge in [0.25, 0.3) is 0 Å². The first-order chi connectivity index (χ1) is 14.2. The molecule has 0 radical (unpaired) electrons. The van der Waals surface area contributed by atoms with Crippen LogP contribution in [0.3, 0.4) is 0 Å². The van der Waals surface area contributed by atoms with Gasteiger partial charge in [0.1, 0.15) is 23.8 Å². The molecule has 0 spiro atoms. The van der Waals surface area contributed by atoms with E-state index < -0.39 is 33.9 Å². The summed E-state index contributed by atoms with van der Waals surface area (Å²) in [5.41, 5.74) is -0.499. The van der Waals surface area contributed by atoms with Gasteiger partial charge in [-0.15, -0.1) is 11.3 Å². The Labute approximate surface area is 178 Å². The zero-order valence-electron chi connectivity index (χ0n) is 16.8. The maximum atomic E-state index is 13.0. The lowest BCUT2D eigenvalue weighted by atomic mass is 9.99. The number of rotatable bonds is 8. The number of aromatic nitrogens is 3. The van der Waals surface area contributed by atoms with Gasteiger partial charge in [-0.3, -0.25) is 9.59 Å². The molecule has 0 aromatic carbocycles. The highest BCUT2D eigenvalue weighted by Crippen LogP contribution is 2.28. The Bertz CT molecular complexity index is 1070. The fraction of sp³-hybridized carbons (Fsp3) is 0.556. The van der Waals surface area contributed by atoms with Gasteiger partial charge < -0.3 is 4.74 Å². The molecule has 1 aliphatic rings. The highest BCUT2D eigenvalue weighted by Gasteiger charge is 2.32. The van der Waals surface area contributed by atoms with E-state index in [1.54, 1.807) is 19.1 Å². The van der Waals surface area contributed by atoms with Crippen LogP contribution in [0.25, 0.3) is 5.00 Å². The van der Waals surface area contributed by atoms with Crippen molar-refractivity contribution in [1.82, 2.24) is 18.7 Å². The van der Waals surface area contributed by atoms with Gasteiger partial charge >= 0.3 is 11.7 Å². The summed E-state index contributed by atoms with van der Waals surface area (Å²) >= 11 is 1.34. The van der Waals surface area contributed by atoms with E-state index in [1.165, 1.54) is 20.2 Å². The second kappa shape index (κ2) is 9.23. The standard InChI is InChI=1S/C18H24N4O6S2/c1-3-28-16(24)10-14(23)12-21-18(25)22(15-7-5-9-29-15)17(19-21)13-6-4-8-20(11-13)30(2,26)27/h5,7,9,13H,3-4,6,8,10-12H2,1-2H3. The summed E-state index contributed by atoms with van der Waals surface area (Å²) in [6.45, 7) is 2.10. The number of Topliss-reactive ketones (excluding diaryl/α,β-unsaturated/α-hetero) is 1. The van der Waals surface area contributed by atoms with E-state index >= 15 is 0 Å². The van der Waals surface area contributed by atoms with Crippen LogP contribution in [0, 0.1) is 0 Å². The molecule has 3 heterocycles. The van der Waals surface area contributed by atoms with Gasteiger partial charge in [0.05, 0.1) is 12.9 Å². The molecule has 3 rings (SSSR count). The van der Waals surface area contributed by atoms with Crippen LogP contribution in [0.1, 0.15) is 37.9 Å². The van der Waals surface area contributed by atoms with E-state index in [1.807, 2.05) is 5.38 Å². The molecule has 10 nitrogen and oxygen atoms in total. The maximum absolute atomic E-state index is 13.0. The third kappa shape index (κ3) is 5.05. The van der Waals surface area contributed by atoms with Gasteiger partial charge in [0.2, 0.25) is 10.0 Å². The molecule has 1 aliphatic heterocycles. The van der Waals surface area contributed by atoms with Crippen molar-refractivity contribution in [3.05, 3.63) is 33.8 Å². The van der Waals surface area contributed by atoms with Crippen LogP contribution >= 0.6 is 11.3 Å². The zero-order chi connectivity index (χ0) is 21.9. The molecule has 0 N–H and O–H groups in total. The topological polar surface area (TPSA) is 121 Å². The molecule has 0 bridgehead atoms. The lowest BCUT2D eigenvalue weighted by molar-refractivity contribution is -0.145. The number of carbonyl (C=O) groups excluding carboxylic acids is 2. The molecule has 0 amide bonds. The fourth-order valence-corrected chi connectivity index (χ4v) is 5.09. The van der Waals surface area contributed by atoms with Crippen LogP contribution in [0.15, 0.2) is 22.3 Å². The number of sulfonamides is 1. The summed E-state index contributed by atoms with van der Waals surface area (Å²) in [7, 11) is -3.37. The van der Waals surface area contributed by atoms with Crippen molar-refractivity contribution in [2.45, 2.75) is 38.6 Å². The summed E-state index contributed by atoms with van der Waals surface area (Å²) in [4.78, 5) is 36.8. The van der Waals surface area contributed by atoms with E-state index in [9.17, 15) is 22.8 Å². The fourth-order valence-electron chi connectivity index (χ4n) is 3.45. The Hall–Kier alpha value is -2.31. The van der Waals surface area contributed by atoms with Crippen LogP contribution in [0.2, 0.25) is 0 Å². The van der Waals surface area contributed by atoms with Crippen molar-refractivity contribution in [2.24, 2.45) is 0 Å². The number of esters is 1. The van der Waals surface area contributed by atoms with Gasteiger partial charge in [0, 0.05) is 19.0 Å². The van der Waals surface area contributed by atoms with Gasteiger partial charge in [-0.1, -0.05) is 0 Å². The molecule has 0 saturated carbocycles. The lowest BCUT2D eigenvalue weighted by Gasteiger charge is -2.30. The summed E-state index contributed by atoms with van der Waals surface area (Å²) in [5.74, 6) is -1.01. The zero-order valence-corrected chi connectivity index (χ0v) is 18.4. The first kappa shape index (κ1) is 22.4. The molecule has 0 aliphatic carbocycles. The summed E-state index contributed by atoms with van der Waals surface area (Å²) < 4.78 is 32.6. The van der Waals surface area contributed by atoms with Crippen molar-refractivity contribution < 1.29 is 22.7 Å². The average Bonchev–Trinajstić information content (AvgIpc) is 3.30. The minimum atomic E-state index is -3.37. The van der Waals surface area contributed by atoms with Crippen molar-refractivity contribution in [3.63, 3.8) is 0 Å². The first-order valence-corrected chi connectivity index (χ1v) is 12.3. The van der Waals surface area contributed by atoms with E-state index in [0.29, 0.717) is 30.2 Å². The van der Waals surface area contributed by atoms with E-state index in [0.717, 1.165) is 10.9 Å². The number of nitrogens with zero attached hydrogens (tertiary/aromatic N) is 4. The van der Waals surface area contributed by atoms with Crippen LogP contribution in [-0.2, 0) is 30.9 Å². The number of piperidine rings is 1. The second-order valence-corrected chi connectivity index (χ2v) is 9.97. The number of ether oxygens (including phenoxy) is 1. The molecule has 164 valence electrons. The van der Waals surface area contributed by atoms with Crippen LogP contribution in [0.4, 0.5) is 0 Å². The Morgan fingerprint density at radius 1 is 1.37 bits per heavy atom. The smallest absolute Gasteiger partial charge is 0.351 e. The molecule has 1 fully saturated rings. The van der Waals surface area contributed by atoms with E-state index in [4.69, 9.17) is 4.74 Å². The van der Waals surface area contributed by atoms with Crippen LogP contribution in [-0.4, -0.2) is 64.8 Å². The Kier molecular flexibility index (Phi) is 6.88. The third-order valence-corrected chi connectivity index (χ3v) is 6.91. The number of carbonyl (C=O) groups is 2. The molecule has 30 heavy (non-hydrogen) atoms. The van der Waals surface area contributed by atoms with Crippen molar-refractivity contribution in [2.75, 3.05) is 26.0 Å². The van der Waals surface area contributed by atoms with E-state index in [-0.39, 0.29) is 25.6 Å². The molecular formula is C18H24N4O6S2. The second-order valence-electron chi connectivity index (χ2n) is 7.07. The lowest BCUT2D eigenvalue weighted by Crippen LogP contribution is -2.39. The number of hydrogen-bond donors (Lipinski definition) is 0. The van der Waals surface area contributed by atoms with Crippen LogP contribution < -0.4 is 5.69 Å². The predicted molar refractivity (Wildman–Crippen MR) is 110 cm³/mol. The molecule has 2 aromatic rings. The summed E-state index contributed by atoms with van der Waals surface area (Å²) in [5, 5.41) is 6.83. The highest BCUT2D eigenvalue weighted by molar-refractivity contribution is 7.88. The van der Waals surface area contributed by atoms with Gasteiger partial charge in [0.15, 0.2) is 5.78 Å². The van der Waals surface area contributed by atoms with E-state index in [2.05, 4.69) is 5.10 Å².